The number of ether oxygens (including phenoxy) is 2. The van der Waals surface area contributed by atoms with E-state index in [1.165, 1.54) is 32.4 Å². The van der Waals surface area contributed by atoms with E-state index < -0.39 is 23.9 Å². The van der Waals surface area contributed by atoms with Crippen LogP contribution >= 0.6 is 11.6 Å². The quantitative estimate of drug-likeness (QED) is 0.465. The number of hydrogen-bond acceptors (Lipinski definition) is 5. The van der Waals surface area contributed by atoms with E-state index in [0.717, 1.165) is 0 Å². The molecule has 2 rings (SSSR count). The summed E-state index contributed by atoms with van der Waals surface area (Å²) in [6.07, 6.45) is -0.541. The van der Waals surface area contributed by atoms with Crippen LogP contribution in [0.2, 0.25) is 5.02 Å². The fourth-order valence-corrected chi connectivity index (χ4v) is 2.25. The van der Waals surface area contributed by atoms with Crippen LogP contribution in [0, 0.1) is 0 Å². The first-order valence-corrected chi connectivity index (χ1v) is 7.67. The second-order valence-electron chi connectivity index (χ2n) is 5.05. The van der Waals surface area contributed by atoms with E-state index in [4.69, 9.17) is 21.1 Å². The number of rotatable bonds is 7. The Bertz CT molecular complexity index is 802. The smallest absolute Gasteiger partial charge is 0.292 e. The second kappa shape index (κ2) is 8.30. The predicted octanol–water partition coefficient (Wildman–Crippen LogP) is 3.14. The van der Waals surface area contributed by atoms with Gasteiger partial charge in [0.15, 0.2) is 5.78 Å². The van der Waals surface area contributed by atoms with Crippen molar-refractivity contribution in [1.29, 1.82) is 0 Å². The Morgan fingerprint density at radius 3 is 2.28 bits per heavy atom. The number of anilines is 1. The Morgan fingerprint density at radius 2 is 1.68 bits per heavy atom. The minimum atomic E-state index is -0.914. The molecule has 0 saturated carbocycles. The van der Waals surface area contributed by atoms with E-state index in [1.807, 2.05) is 0 Å². The van der Waals surface area contributed by atoms with Gasteiger partial charge in [-0.3, -0.25) is 14.4 Å². The van der Waals surface area contributed by atoms with Gasteiger partial charge in [-0.05, 0) is 42.5 Å². The highest BCUT2D eigenvalue weighted by molar-refractivity contribution is 6.44. The van der Waals surface area contributed by atoms with Crippen LogP contribution in [0.5, 0.6) is 11.5 Å². The maximum Gasteiger partial charge on any atom is 0.292 e. The van der Waals surface area contributed by atoms with Gasteiger partial charge in [-0.2, -0.15) is 0 Å². The van der Waals surface area contributed by atoms with E-state index in [0.29, 0.717) is 22.1 Å². The molecule has 0 aromatic heterocycles. The van der Waals surface area contributed by atoms with E-state index in [2.05, 4.69) is 5.32 Å². The summed E-state index contributed by atoms with van der Waals surface area (Å²) in [5, 5.41) is 2.78. The standard InChI is InChI=1S/C18H16ClNO5/c1-24-13-6-3-11(4-7-13)15(21)10-16(22)18(23)20-14-9-12(19)5-8-17(14)25-2/h3-9H,10H2,1-2H3,(H,20,23). The Labute approximate surface area is 149 Å². The molecule has 2 aromatic rings. The van der Waals surface area contributed by atoms with Gasteiger partial charge in [0, 0.05) is 10.6 Å². The second-order valence-corrected chi connectivity index (χ2v) is 5.49. The third-order valence-electron chi connectivity index (χ3n) is 3.40. The summed E-state index contributed by atoms with van der Waals surface area (Å²) < 4.78 is 10.1. The number of hydrogen-bond donors (Lipinski definition) is 1. The molecule has 0 fully saturated rings. The maximum absolute atomic E-state index is 12.1. The van der Waals surface area contributed by atoms with Crippen molar-refractivity contribution in [2.24, 2.45) is 0 Å². The zero-order valence-corrected chi connectivity index (χ0v) is 14.4. The summed E-state index contributed by atoms with van der Waals surface area (Å²) in [6.45, 7) is 0. The van der Waals surface area contributed by atoms with Crippen LogP contribution < -0.4 is 14.8 Å². The van der Waals surface area contributed by atoms with Gasteiger partial charge in [0.05, 0.1) is 26.3 Å². The average Bonchev–Trinajstić information content (AvgIpc) is 2.61. The molecule has 2 aromatic carbocycles. The van der Waals surface area contributed by atoms with Crippen LogP contribution in [0.4, 0.5) is 5.69 Å². The number of halogens is 1. The van der Waals surface area contributed by atoms with Crippen LogP contribution in [0.1, 0.15) is 16.8 Å². The SMILES string of the molecule is COc1ccc(C(=O)CC(=O)C(=O)Nc2cc(Cl)ccc2OC)cc1. The topological polar surface area (TPSA) is 81.7 Å². The molecule has 7 heteroatoms. The highest BCUT2D eigenvalue weighted by Gasteiger charge is 2.20. The molecule has 25 heavy (non-hydrogen) atoms. The van der Waals surface area contributed by atoms with Crippen LogP contribution in [-0.2, 0) is 9.59 Å². The lowest BCUT2D eigenvalue weighted by atomic mass is 10.1. The maximum atomic E-state index is 12.1. The lowest BCUT2D eigenvalue weighted by molar-refractivity contribution is -0.134. The highest BCUT2D eigenvalue weighted by Crippen LogP contribution is 2.27. The largest absolute Gasteiger partial charge is 0.497 e. The van der Waals surface area contributed by atoms with E-state index in [9.17, 15) is 14.4 Å². The molecule has 0 atom stereocenters. The molecule has 0 saturated heterocycles. The molecule has 0 spiro atoms. The Balaban J connectivity index is 2.03. The molecule has 6 nitrogen and oxygen atoms in total. The van der Waals surface area contributed by atoms with Crippen LogP contribution in [0.3, 0.4) is 0 Å². The number of ketones is 2. The number of carbonyl (C=O) groups excluding carboxylic acids is 3. The molecule has 0 heterocycles. The van der Waals surface area contributed by atoms with Crippen molar-refractivity contribution in [2.45, 2.75) is 6.42 Å². The van der Waals surface area contributed by atoms with Gasteiger partial charge in [0.2, 0.25) is 5.78 Å². The Hall–Kier alpha value is -2.86. The summed E-state index contributed by atoms with van der Waals surface area (Å²) in [5.74, 6) is -1.29. The Kier molecular flexibility index (Phi) is 6.14. The minimum absolute atomic E-state index is 0.255. The van der Waals surface area contributed by atoms with E-state index in [-0.39, 0.29) is 5.69 Å². The molecule has 0 aliphatic carbocycles. The normalized spacial score (nSPS) is 10.0. The van der Waals surface area contributed by atoms with Crippen molar-refractivity contribution in [3.8, 4) is 11.5 Å². The molecule has 0 radical (unpaired) electrons. The predicted molar refractivity (Wildman–Crippen MR) is 93.6 cm³/mol. The molecular weight excluding hydrogens is 346 g/mol. The summed E-state index contributed by atoms with van der Waals surface area (Å²) >= 11 is 5.87. The molecule has 0 aliphatic heterocycles. The van der Waals surface area contributed by atoms with Gasteiger partial charge in [-0.15, -0.1) is 0 Å². The lowest BCUT2D eigenvalue weighted by Gasteiger charge is -2.10. The first-order chi connectivity index (χ1) is 11.9. The number of Topliss-reactive ketones (excluding diaryl/α,β-unsaturated/α-hetero) is 2. The van der Waals surface area contributed by atoms with Gasteiger partial charge in [-0.1, -0.05) is 11.6 Å². The van der Waals surface area contributed by atoms with Gasteiger partial charge in [-0.25, -0.2) is 0 Å². The highest BCUT2D eigenvalue weighted by atomic mass is 35.5. The molecular formula is C18H16ClNO5. The first-order valence-electron chi connectivity index (χ1n) is 7.29. The Morgan fingerprint density at radius 1 is 1.00 bits per heavy atom. The van der Waals surface area contributed by atoms with Crippen LogP contribution in [0.15, 0.2) is 42.5 Å². The summed E-state index contributed by atoms with van der Waals surface area (Å²) in [4.78, 5) is 36.1. The van der Waals surface area contributed by atoms with Crippen molar-refractivity contribution in [3.05, 3.63) is 53.1 Å². The van der Waals surface area contributed by atoms with Crippen LogP contribution in [0.25, 0.3) is 0 Å². The van der Waals surface area contributed by atoms with Crippen molar-refractivity contribution >= 4 is 34.8 Å². The van der Waals surface area contributed by atoms with Crippen molar-refractivity contribution < 1.29 is 23.9 Å². The minimum Gasteiger partial charge on any atom is -0.497 e. The monoisotopic (exact) mass is 361 g/mol. The molecule has 1 amide bonds. The third kappa shape index (κ3) is 4.81. The van der Waals surface area contributed by atoms with Gasteiger partial charge in [0.25, 0.3) is 5.91 Å². The fraction of sp³-hybridized carbons (Fsp3) is 0.167. The van der Waals surface area contributed by atoms with Crippen molar-refractivity contribution in [2.75, 3.05) is 19.5 Å². The van der Waals surface area contributed by atoms with E-state index >= 15 is 0 Å². The lowest BCUT2D eigenvalue weighted by Crippen LogP contribution is -2.25. The molecule has 0 bridgehead atoms. The number of amides is 1. The number of carbonyl (C=O) groups is 3. The zero-order chi connectivity index (χ0) is 18.4. The van der Waals surface area contributed by atoms with Crippen molar-refractivity contribution in [1.82, 2.24) is 0 Å². The number of methoxy groups -OCH3 is 2. The molecule has 0 unspecified atom stereocenters. The van der Waals surface area contributed by atoms with Crippen LogP contribution in [-0.4, -0.2) is 31.7 Å². The zero-order valence-electron chi connectivity index (χ0n) is 13.7. The summed E-state index contributed by atoms with van der Waals surface area (Å²) in [6, 6.07) is 10.9. The molecule has 130 valence electrons. The van der Waals surface area contributed by atoms with Crippen molar-refractivity contribution in [3.63, 3.8) is 0 Å². The summed E-state index contributed by atoms with van der Waals surface area (Å²) in [5.41, 5.74) is 0.576. The number of nitrogens with one attached hydrogen (secondary N) is 1. The third-order valence-corrected chi connectivity index (χ3v) is 3.63. The van der Waals surface area contributed by atoms with E-state index in [1.54, 1.807) is 24.3 Å². The van der Waals surface area contributed by atoms with Gasteiger partial charge >= 0.3 is 0 Å². The summed E-state index contributed by atoms with van der Waals surface area (Å²) in [7, 11) is 2.93. The van der Waals surface area contributed by atoms with Gasteiger partial charge < -0.3 is 14.8 Å². The first kappa shape index (κ1) is 18.5. The average molecular weight is 362 g/mol. The number of benzene rings is 2. The van der Waals surface area contributed by atoms with Gasteiger partial charge in [0.1, 0.15) is 11.5 Å². The molecule has 0 aliphatic rings. The fourth-order valence-electron chi connectivity index (χ4n) is 2.07. The molecule has 1 N–H and O–H groups in total.